The number of rotatable bonds is 8. The van der Waals surface area contributed by atoms with Crippen LogP contribution in [0.25, 0.3) is 0 Å². The topological polar surface area (TPSA) is 51.4 Å². The predicted molar refractivity (Wildman–Crippen MR) is 88.7 cm³/mol. The molecule has 1 rings (SSSR count). The summed E-state index contributed by atoms with van der Waals surface area (Å²) >= 11 is 0. The maximum Gasteiger partial charge on any atom is 0.128 e. The number of hydrogen-bond acceptors (Lipinski definition) is 4. The highest BCUT2D eigenvalue weighted by molar-refractivity contribution is 5.41. The molecule has 1 aromatic heterocycles. The average Bonchev–Trinajstić information content (AvgIpc) is 2.49. The normalized spacial score (nSPS) is 14.3. The summed E-state index contributed by atoms with van der Waals surface area (Å²) in [7, 11) is 1.72. The number of nitrogens with zero attached hydrogens (tertiary/aromatic N) is 2. The molecule has 0 amide bonds. The first-order chi connectivity index (χ1) is 9.93. The Hall–Kier alpha value is -1.13. The molecule has 120 valence electrons. The summed E-state index contributed by atoms with van der Waals surface area (Å²) in [5.41, 5.74) is 9.35. The molecule has 1 unspecified atom stereocenters. The van der Waals surface area contributed by atoms with Gasteiger partial charge in [-0.1, -0.05) is 13.8 Å². The highest BCUT2D eigenvalue weighted by atomic mass is 16.5. The zero-order valence-corrected chi connectivity index (χ0v) is 14.5. The molecule has 4 heteroatoms. The van der Waals surface area contributed by atoms with E-state index in [2.05, 4.69) is 37.6 Å². The summed E-state index contributed by atoms with van der Waals surface area (Å²) in [5.74, 6) is 0.947. The van der Waals surface area contributed by atoms with Gasteiger partial charge in [-0.25, -0.2) is 0 Å². The second-order valence-corrected chi connectivity index (χ2v) is 6.02. The summed E-state index contributed by atoms with van der Waals surface area (Å²) < 4.78 is 5.51. The molecule has 21 heavy (non-hydrogen) atoms. The van der Waals surface area contributed by atoms with Gasteiger partial charge in [-0.2, -0.15) is 0 Å². The molecule has 0 aromatic carbocycles. The predicted octanol–water partition coefficient (Wildman–Crippen LogP) is 3.05. The lowest BCUT2D eigenvalue weighted by Gasteiger charge is -2.40. The number of hydrogen-bond donors (Lipinski definition) is 1. The third-order valence-electron chi connectivity index (χ3n) is 4.55. The summed E-state index contributed by atoms with van der Waals surface area (Å²) in [5, 5.41) is 0. The molecule has 4 nitrogen and oxygen atoms in total. The van der Waals surface area contributed by atoms with Crippen LogP contribution in [0.2, 0.25) is 0 Å². The van der Waals surface area contributed by atoms with Gasteiger partial charge in [0.25, 0.3) is 0 Å². The summed E-state index contributed by atoms with van der Waals surface area (Å²) in [4.78, 5) is 7.08. The van der Waals surface area contributed by atoms with Crippen molar-refractivity contribution in [1.29, 1.82) is 0 Å². The van der Waals surface area contributed by atoms with Crippen LogP contribution in [0.4, 0.5) is 0 Å². The van der Waals surface area contributed by atoms with Crippen molar-refractivity contribution in [2.75, 3.05) is 20.2 Å². The first kappa shape index (κ1) is 17.9. The van der Waals surface area contributed by atoms with E-state index in [1.54, 1.807) is 7.11 Å². The van der Waals surface area contributed by atoms with Crippen molar-refractivity contribution in [2.45, 2.75) is 59.5 Å². The van der Waals surface area contributed by atoms with Crippen LogP contribution in [0, 0.1) is 13.8 Å². The molecule has 0 aliphatic carbocycles. The third kappa shape index (κ3) is 3.95. The molecule has 2 N–H and O–H groups in total. The van der Waals surface area contributed by atoms with Crippen LogP contribution in [0.1, 0.15) is 50.4 Å². The van der Waals surface area contributed by atoms with Crippen molar-refractivity contribution in [2.24, 2.45) is 5.73 Å². The Balaban J connectivity index is 3.10. The summed E-state index contributed by atoms with van der Waals surface area (Å²) in [6.07, 6.45) is 4.04. The van der Waals surface area contributed by atoms with Gasteiger partial charge in [0.2, 0.25) is 0 Å². The fourth-order valence-corrected chi connectivity index (χ4v) is 2.72. The molecule has 1 heterocycles. The van der Waals surface area contributed by atoms with Crippen molar-refractivity contribution in [3.8, 4) is 5.75 Å². The van der Waals surface area contributed by atoms with E-state index in [4.69, 9.17) is 10.5 Å². The van der Waals surface area contributed by atoms with Gasteiger partial charge in [-0.3, -0.25) is 9.88 Å². The molecule has 0 saturated carbocycles. The minimum Gasteiger partial charge on any atom is -0.496 e. The van der Waals surface area contributed by atoms with Crippen molar-refractivity contribution >= 4 is 0 Å². The summed E-state index contributed by atoms with van der Waals surface area (Å²) in [6.45, 7) is 13.3. The summed E-state index contributed by atoms with van der Waals surface area (Å²) in [6, 6.07) is 0. The van der Waals surface area contributed by atoms with E-state index in [-0.39, 0.29) is 5.54 Å². The second-order valence-electron chi connectivity index (χ2n) is 6.02. The zero-order valence-electron chi connectivity index (χ0n) is 14.5. The number of pyridine rings is 1. The third-order valence-corrected chi connectivity index (χ3v) is 4.55. The minimum atomic E-state index is 0.0161. The van der Waals surface area contributed by atoms with Gasteiger partial charge in [-0.15, -0.1) is 0 Å². The molecule has 0 fully saturated rings. The standard InChI is InChI=1S/C17H31N3O/c1-7-9-20(17(5,8-2)12-18)11-15-14(4)16(21-6)13(3)10-19-15/h10H,7-9,11-12,18H2,1-6H3. The molecule has 0 aliphatic rings. The number of methoxy groups -OCH3 is 1. The number of aryl methyl sites for hydroxylation is 1. The van der Waals surface area contributed by atoms with Gasteiger partial charge >= 0.3 is 0 Å². The Morgan fingerprint density at radius 2 is 2.00 bits per heavy atom. The SMILES string of the molecule is CCCN(Cc1ncc(C)c(OC)c1C)C(C)(CC)CN. The van der Waals surface area contributed by atoms with E-state index >= 15 is 0 Å². The van der Waals surface area contributed by atoms with E-state index < -0.39 is 0 Å². The van der Waals surface area contributed by atoms with Crippen LogP contribution in [0.5, 0.6) is 5.75 Å². The van der Waals surface area contributed by atoms with E-state index in [0.717, 1.165) is 48.5 Å². The van der Waals surface area contributed by atoms with Crippen LogP contribution < -0.4 is 10.5 Å². The molecular weight excluding hydrogens is 262 g/mol. The lowest BCUT2D eigenvalue weighted by molar-refractivity contribution is 0.0954. The number of ether oxygens (including phenoxy) is 1. The van der Waals surface area contributed by atoms with Crippen molar-refractivity contribution in [3.63, 3.8) is 0 Å². The first-order valence-corrected chi connectivity index (χ1v) is 7.87. The van der Waals surface area contributed by atoms with Crippen LogP contribution in [-0.4, -0.2) is 35.6 Å². The Labute approximate surface area is 129 Å². The van der Waals surface area contributed by atoms with Gasteiger partial charge in [0, 0.05) is 36.0 Å². The van der Waals surface area contributed by atoms with Crippen LogP contribution in [-0.2, 0) is 6.54 Å². The highest BCUT2D eigenvalue weighted by Gasteiger charge is 2.29. The lowest BCUT2D eigenvalue weighted by Crippen LogP contribution is -2.51. The van der Waals surface area contributed by atoms with Gasteiger partial charge in [0.15, 0.2) is 0 Å². The second kappa shape index (κ2) is 7.76. The van der Waals surface area contributed by atoms with Crippen molar-refractivity contribution < 1.29 is 4.74 Å². The quantitative estimate of drug-likeness (QED) is 0.800. The molecule has 0 aliphatic heterocycles. The van der Waals surface area contributed by atoms with E-state index in [9.17, 15) is 0 Å². The lowest BCUT2D eigenvalue weighted by atomic mass is 9.95. The highest BCUT2D eigenvalue weighted by Crippen LogP contribution is 2.27. The van der Waals surface area contributed by atoms with E-state index in [0.29, 0.717) is 6.54 Å². The molecule has 0 saturated heterocycles. The molecular formula is C17H31N3O. The Morgan fingerprint density at radius 1 is 1.33 bits per heavy atom. The maximum absolute atomic E-state index is 6.03. The van der Waals surface area contributed by atoms with E-state index in [1.807, 2.05) is 13.1 Å². The van der Waals surface area contributed by atoms with Gasteiger partial charge in [0.1, 0.15) is 5.75 Å². The number of aromatic nitrogens is 1. The van der Waals surface area contributed by atoms with Gasteiger partial charge < -0.3 is 10.5 Å². The van der Waals surface area contributed by atoms with Gasteiger partial charge in [-0.05, 0) is 40.2 Å². The molecule has 0 bridgehead atoms. The fraction of sp³-hybridized carbons (Fsp3) is 0.706. The zero-order chi connectivity index (χ0) is 16.0. The number of nitrogens with two attached hydrogens (primary N) is 1. The Kier molecular flexibility index (Phi) is 6.62. The molecule has 0 radical (unpaired) electrons. The van der Waals surface area contributed by atoms with Crippen LogP contribution in [0.15, 0.2) is 6.20 Å². The molecule has 1 atom stereocenters. The Morgan fingerprint density at radius 3 is 2.48 bits per heavy atom. The van der Waals surface area contributed by atoms with Gasteiger partial charge in [0.05, 0.1) is 12.8 Å². The maximum atomic E-state index is 6.03. The molecule has 1 aromatic rings. The van der Waals surface area contributed by atoms with Crippen LogP contribution >= 0.6 is 0 Å². The van der Waals surface area contributed by atoms with E-state index in [1.165, 1.54) is 0 Å². The minimum absolute atomic E-state index is 0.0161. The fourth-order valence-electron chi connectivity index (χ4n) is 2.72. The smallest absolute Gasteiger partial charge is 0.128 e. The van der Waals surface area contributed by atoms with Crippen molar-refractivity contribution in [1.82, 2.24) is 9.88 Å². The van der Waals surface area contributed by atoms with Crippen LogP contribution in [0.3, 0.4) is 0 Å². The molecule has 0 spiro atoms. The average molecular weight is 293 g/mol. The van der Waals surface area contributed by atoms with Crippen molar-refractivity contribution in [3.05, 3.63) is 23.0 Å². The first-order valence-electron chi connectivity index (χ1n) is 7.87. The monoisotopic (exact) mass is 293 g/mol. The Bertz CT molecular complexity index is 456. The largest absolute Gasteiger partial charge is 0.496 e.